The van der Waals surface area contributed by atoms with E-state index in [1.165, 1.54) is 0 Å². The van der Waals surface area contributed by atoms with Crippen LogP contribution in [0.25, 0.3) is 0 Å². The molecule has 2 aromatic rings. The molecule has 0 aromatic heterocycles. The molecule has 1 N–H and O–H groups in total. The van der Waals surface area contributed by atoms with Crippen molar-refractivity contribution in [1.82, 2.24) is 9.80 Å². The summed E-state index contributed by atoms with van der Waals surface area (Å²) in [5, 5.41) is 3.32. The molecule has 32 heavy (non-hydrogen) atoms. The van der Waals surface area contributed by atoms with E-state index in [1.807, 2.05) is 36.1 Å². The molecule has 6 nitrogen and oxygen atoms in total. The molecule has 0 radical (unpaired) electrons. The fourth-order valence-electron chi connectivity index (χ4n) is 4.32. The first kappa shape index (κ1) is 22.3. The molecule has 4 rings (SSSR count). The van der Waals surface area contributed by atoms with E-state index in [0.29, 0.717) is 29.4 Å². The van der Waals surface area contributed by atoms with Crippen molar-refractivity contribution in [3.05, 3.63) is 64.2 Å². The summed E-state index contributed by atoms with van der Waals surface area (Å²) in [5.41, 5.74) is 3.04. The third-order valence-corrected chi connectivity index (χ3v) is 6.43. The zero-order valence-corrected chi connectivity index (χ0v) is 19.0. The zero-order chi connectivity index (χ0) is 22.7. The highest BCUT2D eigenvalue weighted by atomic mass is 35.5. The molecule has 7 heteroatoms. The highest BCUT2D eigenvalue weighted by molar-refractivity contribution is 6.31. The smallest absolute Gasteiger partial charge is 0.255 e. The maximum Gasteiger partial charge on any atom is 0.255 e. The SMILES string of the molecule is Cc1ccc(CN2CC(C(=O)Nc3cc(Cl)ccc3C(=O)N3CCCCC3)CC2=O)cc1. The van der Waals surface area contributed by atoms with Gasteiger partial charge in [-0.05, 0) is 49.9 Å². The van der Waals surface area contributed by atoms with E-state index in [-0.39, 0.29) is 24.1 Å². The number of halogens is 1. The van der Waals surface area contributed by atoms with Crippen molar-refractivity contribution in [3.8, 4) is 0 Å². The summed E-state index contributed by atoms with van der Waals surface area (Å²) in [7, 11) is 0. The van der Waals surface area contributed by atoms with Crippen LogP contribution in [0.15, 0.2) is 42.5 Å². The Kier molecular flexibility index (Phi) is 6.80. The topological polar surface area (TPSA) is 69.7 Å². The minimum Gasteiger partial charge on any atom is -0.339 e. The van der Waals surface area contributed by atoms with E-state index < -0.39 is 5.92 Å². The lowest BCUT2D eigenvalue weighted by molar-refractivity contribution is -0.128. The van der Waals surface area contributed by atoms with Gasteiger partial charge in [-0.25, -0.2) is 0 Å². The summed E-state index contributed by atoms with van der Waals surface area (Å²) in [6, 6.07) is 13.0. The Bertz CT molecular complexity index is 1020. The molecular formula is C25H28ClN3O3. The van der Waals surface area contributed by atoms with E-state index in [9.17, 15) is 14.4 Å². The van der Waals surface area contributed by atoms with Crippen molar-refractivity contribution < 1.29 is 14.4 Å². The zero-order valence-electron chi connectivity index (χ0n) is 18.3. The average Bonchev–Trinajstić information content (AvgIpc) is 3.16. The minimum atomic E-state index is -0.468. The first-order valence-corrected chi connectivity index (χ1v) is 11.5. The van der Waals surface area contributed by atoms with Gasteiger partial charge in [0.2, 0.25) is 11.8 Å². The second-order valence-corrected chi connectivity index (χ2v) is 9.13. The lowest BCUT2D eigenvalue weighted by atomic mass is 10.1. The molecule has 2 aliphatic heterocycles. The summed E-state index contributed by atoms with van der Waals surface area (Å²) in [6.45, 7) is 4.30. The Labute approximate surface area is 193 Å². The molecule has 2 fully saturated rings. The van der Waals surface area contributed by atoms with Crippen molar-refractivity contribution in [2.45, 2.75) is 39.2 Å². The Morgan fingerprint density at radius 1 is 1.06 bits per heavy atom. The van der Waals surface area contributed by atoms with Crippen molar-refractivity contribution in [3.63, 3.8) is 0 Å². The molecule has 0 bridgehead atoms. The predicted octanol–water partition coefficient (Wildman–Crippen LogP) is 4.26. The van der Waals surface area contributed by atoms with Crippen LogP contribution in [0.2, 0.25) is 5.02 Å². The van der Waals surface area contributed by atoms with Crippen molar-refractivity contribution in [2.75, 3.05) is 25.0 Å². The second-order valence-electron chi connectivity index (χ2n) is 8.69. The van der Waals surface area contributed by atoms with Crippen molar-refractivity contribution in [1.29, 1.82) is 0 Å². The number of benzene rings is 2. The van der Waals surface area contributed by atoms with Crippen LogP contribution in [0.5, 0.6) is 0 Å². The Morgan fingerprint density at radius 3 is 2.50 bits per heavy atom. The van der Waals surface area contributed by atoms with Crippen molar-refractivity contribution in [2.24, 2.45) is 5.92 Å². The fourth-order valence-corrected chi connectivity index (χ4v) is 4.50. The summed E-state index contributed by atoms with van der Waals surface area (Å²) in [4.78, 5) is 42.1. The first-order valence-electron chi connectivity index (χ1n) is 11.1. The molecule has 3 amide bonds. The second kappa shape index (κ2) is 9.74. The lowest BCUT2D eigenvalue weighted by Crippen LogP contribution is -2.36. The van der Waals surface area contributed by atoms with Gasteiger partial charge in [-0.1, -0.05) is 41.4 Å². The molecule has 2 heterocycles. The lowest BCUT2D eigenvalue weighted by Gasteiger charge is -2.27. The number of nitrogens with one attached hydrogen (secondary N) is 1. The average molecular weight is 454 g/mol. The normalized spacial score (nSPS) is 18.7. The number of aryl methyl sites for hydroxylation is 1. The van der Waals surface area contributed by atoms with Gasteiger partial charge in [0.25, 0.3) is 5.91 Å². The monoisotopic (exact) mass is 453 g/mol. The Balaban J connectivity index is 1.44. The van der Waals surface area contributed by atoms with Crippen LogP contribution in [-0.4, -0.2) is 47.2 Å². The van der Waals surface area contributed by atoms with Gasteiger partial charge in [-0.15, -0.1) is 0 Å². The van der Waals surface area contributed by atoms with E-state index in [1.54, 1.807) is 23.1 Å². The van der Waals surface area contributed by atoms with Gasteiger partial charge in [0.05, 0.1) is 17.2 Å². The van der Waals surface area contributed by atoms with Gasteiger partial charge in [-0.2, -0.15) is 0 Å². The molecule has 2 aliphatic rings. The van der Waals surface area contributed by atoms with E-state index in [4.69, 9.17) is 11.6 Å². The molecule has 0 saturated carbocycles. The van der Waals surface area contributed by atoms with Gasteiger partial charge in [0.1, 0.15) is 0 Å². The Hall–Kier alpha value is -2.86. The maximum atomic E-state index is 13.0. The third kappa shape index (κ3) is 5.13. The van der Waals surface area contributed by atoms with Gasteiger partial charge in [0.15, 0.2) is 0 Å². The number of rotatable bonds is 5. The molecule has 0 aliphatic carbocycles. The molecular weight excluding hydrogens is 426 g/mol. The van der Waals surface area contributed by atoms with Gasteiger partial charge in [-0.3, -0.25) is 14.4 Å². The number of nitrogens with zero attached hydrogens (tertiary/aromatic N) is 2. The largest absolute Gasteiger partial charge is 0.339 e. The van der Waals surface area contributed by atoms with Crippen LogP contribution in [0, 0.1) is 12.8 Å². The summed E-state index contributed by atoms with van der Waals surface area (Å²) < 4.78 is 0. The van der Waals surface area contributed by atoms with Crippen LogP contribution in [-0.2, 0) is 16.1 Å². The Morgan fingerprint density at radius 2 is 1.78 bits per heavy atom. The number of carbonyl (C=O) groups excluding carboxylic acids is 3. The molecule has 1 atom stereocenters. The number of likely N-dealkylation sites (tertiary alicyclic amines) is 2. The van der Waals surface area contributed by atoms with Crippen LogP contribution in [0.4, 0.5) is 5.69 Å². The number of hydrogen-bond acceptors (Lipinski definition) is 3. The molecule has 2 aromatic carbocycles. The maximum absolute atomic E-state index is 13.0. The minimum absolute atomic E-state index is 0.0403. The summed E-state index contributed by atoms with van der Waals surface area (Å²) in [5.74, 6) is -0.869. The fraction of sp³-hybridized carbons (Fsp3) is 0.400. The number of hydrogen-bond donors (Lipinski definition) is 1. The number of amides is 3. The highest BCUT2D eigenvalue weighted by Gasteiger charge is 2.35. The molecule has 1 unspecified atom stereocenters. The number of anilines is 1. The van der Waals surface area contributed by atoms with Gasteiger partial charge < -0.3 is 15.1 Å². The molecule has 168 valence electrons. The predicted molar refractivity (Wildman–Crippen MR) is 125 cm³/mol. The molecule has 2 saturated heterocycles. The van der Waals surface area contributed by atoms with Gasteiger partial charge in [0, 0.05) is 37.6 Å². The quantitative estimate of drug-likeness (QED) is 0.735. The third-order valence-electron chi connectivity index (χ3n) is 6.19. The first-order chi connectivity index (χ1) is 15.4. The van der Waals surface area contributed by atoms with Gasteiger partial charge >= 0.3 is 0 Å². The van der Waals surface area contributed by atoms with Crippen LogP contribution < -0.4 is 5.32 Å². The van der Waals surface area contributed by atoms with Crippen LogP contribution in [0.1, 0.15) is 47.2 Å². The van der Waals surface area contributed by atoms with Crippen LogP contribution >= 0.6 is 11.6 Å². The molecule has 0 spiro atoms. The summed E-state index contributed by atoms with van der Waals surface area (Å²) >= 11 is 6.16. The standard InChI is InChI=1S/C25H28ClN3O3/c1-17-5-7-18(8-6-17)15-29-16-19(13-23(29)30)24(31)27-22-14-20(26)9-10-21(22)25(32)28-11-3-2-4-12-28/h5-10,14,19H,2-4,11-13,15-16H2,1H3,(H,27,31). The van der Waals surface area contributed by atoms with E-state index >= 15 is 0 Å². The number of piperidine rings is 1. The van der Waals surface area contributed by atoms with E-state index in [0.717, 1.165) is 43.5 Å². The number of carbonyl (C=O) groups is 3. The van der Waals surface area contributed by atoms with Crippen molar-refractivity contribution >= 4 is 35.0 Å². The summed E-state index contributed by atoms with van der Waals surface area (Å²) in [6.07, 6.45) is 3.26. The van der Waals surface area contributed by atoms with E-state index in [2.05, 4.69) is 5.32 Å². The van der Waals surface area contributed by atoms with Crippen LogP contribution in [0.3, 0.4) is 0 Å². The highest BCUT2D eigenvalue weighted by Crippen LogP contribution is 2.27.